The van der Waals surface area contributed by atoms with E-state index in [1.54, 1.807) is 24.4 Å². The number of nitro groups is 1. The number of thiophene rings is 1. The number of thiazole rings is 1. The van der Waals surface area contributed by atoms with Crippen molar-refractivity contribution < 1.29 is 24.0 Å². The number of benzene rings is 1. The van der Waals surface area contributed by atoms with Gasteiger partial charge in [-0.25, -0.2) is 14.6 Å². The van der Waals surface area contributed by atoms with Crippen LogP contribution in [0.1, 0.15) is 30.6 Å². The van der Waals surface area contributed by atoms with Gasteiger partial charge in [0.05, 0.1) is 30.4 Å². The molecule has 0 amide bonds. The molecule has 0 fully saturated rings. The highest BCUT2D eigenvalue weighted by molar-refractivity contribution is 7.18. The van der Waals surface area contributed by atoms with E-state index in [1.807, 2.05) is 6.07 Å². The highest BCUT2D eigenvalue weighted by Gasteiger charge is 2.25. The Bertz CT molecular complexity index is 1320. The zero-order valence-corrected chi connectivity index (χ0v) is 19.2. The van der Waals surface area contributed by atoms with Gasteiger partial charge in [-0.3, -0.25) is 10.1 Å². The molecule has 12 heteroatoms. The van der Waals surface area contributed by atoms with Crippen molar-refractivity contribution in [1.29, 1.82) is 5.26 Å². The molecule has 1 N–H and O–H groups in total. The average Bonchev–Trinajstić information content (AvgIpc) is 3.44. The van der Waals surface area contributed by atoms with Crippen LogP contribution >= 0.6 is 22.7 Å². The summed E-state index contributed by atoms with van der Waals surface area (Å²) in [5.41, 5.74) is 1.68. The second kappa shape index (κ2) is 10.0. The van der Waals surface area contributed by atoms with Crippen molar-refractivity contribution in [3.05, 3.63) is 67.0 Å². The number of nitrogens with one attached hydrogen (secondary N) is 1. The summed E-state index contributed by atoms with van der Waals surface area (Å²) in [6.07, 6.45) is 1.37. The topological polar surface area (TPSA) is 144 Å². The number of carbonyl (C=O) groups is 2. The molecule has 2 heterocycles. The number of nitriles is 1. The van der Waals surface area contributed by atoms with Crippen molar-refractivity contribution in [2.24, 2.45) is 0 Å². The molecule has 3 aromatic rings. The molecule has 10 nitrogen and oxygen atoms in total. The van der Waals surface area contributed by atoms with Crippen molar-refractivity contribution >= 4 is 50.9 Å². The van der Waals surface area contributed by atoms with E-state index in [1.165, 1.54) is 43.9 Å². The lowest BCUT2D eigenvalue weighted by atomic mass is 10.1. The Morgan fingerprint density at radius 3 is 2.64 bits per heavy atom. The molecule has 1 aromatic carbocycles. The van der Waals surface area contributed by atoms with E-state index < -0.39 is 16.9 Å². The Morgan fingerprint density at radius 2 is 2.00 bits per heavy atom. The van der Waals surface area contributed by atoms with E-state index in [4.69, 9.17) is 9.47 Å². The van der Waals surface area contributed by atoms with Crippen LogP contribution in [0.2, 0.25) is 0 Å². The van der Waals surface area contributed by atoms with Gasteiger partial charge in [-0.2, -0.15) is 5.26 Å². The second-order valence-electron chi connectivity index (χ2n) is 6.40. The quantitative estimate of drug-likeness (QED) is 0.219. The van der Waals surface area contributed by atoms with Crippen molar-refractivity contribution in [2.45, 2.75) is 6.92 Å². The minimum Gasteiger partial charge on any atom is -0.465 e. The zero-order valence-electron chi connectivity index (χ0n) is 17.6. The number of non-ortho nitro benzene ring substituents is 1. The Balaban J connectivity index is 1.94. The monoisotopic (exact) mass is 484 g/mol. The summed E-state index contributed by atoms with van der Waals surface area (Å²) in [4.78, 5) is 39.4. The smallest absolute Gasteiger partial charge is 0.348 e. The summed E-state index contributed by atoms with van der Waals surface area (Å²) < 4.78 is 9.57. The van der Waals surface area contributed by atoms with Crippen molar-refractivity contribution in [2.75, 3.05) is 19.5 Å². The molecular formula is C21H16N4O6S2. The van der Waals surface area contributed by atoms with Crippen molar-refractivity contribution in [1.82, 2.24) is 4.98 Å². The number of hydrogen-bond donors (Lipinski definition) is 1. The highest BCUT2D eigenvalue weighted by Crippen LogP contribution is 2.35. The first kappa shape index (κ1) is 23.6. The molecule has 2 aromatic heterocycles. The SMILES string of the molecule is COC(=O)c1sc(NC=C(C#N)c2nc(-c3cccc([N+](=O)[O-])c3)cs2)c(C(=O)OC)c1C. The number of allylic oxidation sites excluding steroid dienone is 1. The largest absolute Gasteiger partial charge is 0.465 e. The van der Waals surface area contributed by atoms with E-state index in [9.17, 15) is 25.0 Å². The fraction of sp³-hybridized carbons (Fsp3) is 0.143. The minimum absolute atomic E-state index is 0.0652. The number of methoxy groups -OCH3 is 2. The second-order valence-corrected chi connectivity index (χ2v) is 8.28. The van der Waals surface area contributed by atoms with Gasteiger partial charge in [0.1, 0.15) is 26.5 Å². The highest BCUT2D eigenvalue weighted by atomic mass is 32.1. The lowest BCUT2D eigenvalue weighted by Gasteiger charge is -2.03. The van der Waals surface area contributed by atoms with E-state index >= 15 is 0 Å². The lowest BCUT2D eigenvalue weighted by Crippen LogP contribution is -2.06. The maximum absolute atomic E-state index is 12.2. The maximum atomic E-state index is 12.2. The van der Waals surface area contributed by atoms with Gasteiger partial charge in [0.25, 0.3) is 5.69 Å². The van der Waals surface area contributed by atoms with Gasteiger partial charge >= 0.3 is 11.9 Å². The predicted molar refractivity (Wildman–Crippen MR) is 123 cm³/mol. The summed E-state index contributed by atoms with van der Waals surface area (Å²) >= 11 is 2.18. The van der Waals surface area contributed by atoms with Gasteiger partial charge in [-0.15, -0.1) is 22.7 Å². The van der Waals surface area contributed by atoms with Gasteiger partial charge in [-0.05, 0) is 12.5 Å². The summed E-state index contributed by atoms with van der Waals surface area (Å²) in [7, 11) is 2.46. The van der Waals surface area contributed by atoms with Crippen LogP contribution in [-0.2, 0) is 9.47 Å². The van der Waals surface area contributed by atoms with E-state index in [0.29, 0.717) is 26.8 Å². The van der Waals surface area contributed by atoms with Gasteiger partial charge in [0, 0.05) is 29.3 Å². The van der Waals surface area contributed by atoms with Gasteiger partial charge in [0.15, 0.2) is 0 Å². The number of carbonyl (C=O) groups excluding carboxylic acids is 2. The third-order valence-electron chi connectivity index (χ3n) is 4.46. The summed E-state index contributed by atoms with van der Waals surface area (Å²) in [5, 5.41) is 25.9. The van der Waals surface area contributed by atoms with E-state index in [0.717, 1.165) is 11.3 Å². The predicted octanol–water partition coefficient (Wildman–Crippen LogP) is 4.64. The number of esters is 2. The summed E-state index contributed by atoms with van der Waals surface area (Å²) in [5.74, 6) is -1.24. The Hall–Kier alpha value is -4.08. The number of anilines is 1. The first-order chi connectivity index (χ1) is 15.8. The van der Waals surface area contributed by atoms with Crippen LogP contribution in [0.5, 0.6) is 0 Å². The van der Waals surface area contributed by atoms with Crippen LogP contribution in [0.25, 0.3) is 16.8 Å². The molecule has 0 spiro atoms. The molecule has 168 valence electrons. The van der Waals surface area contributed by atoms with Crippen molar-refractivity contribution in [3.8, 4) is 17.3 Å². The number of nitro benzene ring substituents is 1. The Kier molecular flexibility index (Phi) is 7.17. The molecule has 0 saturated heterocycles. The fourth-order valence-electron chi connectivity index (χ4n) is 2.84. The number of ether oxygens (including phenoxy) is 2. The molecule has 0 aliphatic heterocycles. The minimum atomic E-state index is -0.643. The molecule has 33 heavy (non-hydrogen) atoms. The van der Waals surface area contributed by atoms with Crippen LogP contribution in [0.15, 0.2) is 35.8 Å². The molecule has 3 rings (SSSR count). The lowest BCUT2D eigenvalue weighted by molar-refractivity contribution is -0.384. The Morgan fingerprint density at radius 1 is 1.27 bits per heavy atom. The summed E-state index contributed by atoms with van der Waals surface area (Å²) in [6, 6.07) is 8.06. The van der Waals surface area contributed by atoms with Crippen LogP contribution in [0.4, 0.5) is 10.7 Å². The Labute approximate surface area is 195 Å². The molecule has 0 radical (unpaired) electrons. The molecule has 0 aliphatic carbocycles. The standard InChI is InChI=1S/C21H16N4O6S2/c1-11-16(20(26)30-2)19(33-17(11)21(27)31-3)23-9-13(8-22)18-24-15(10-32-18)12-5-4-6-14(7-12)25(28)29/h4-7,9-10,23H,1-3H3. The van der Waals surface area contributed by atoms with Crippen LogP contribution in [0, 0.1) is 28.4 Å². The fourth-order valence-corrected chi connectivity index (χ4v) is 4.72. The molecule has 0 bridgehead atoms. The normalized spacial score (nSPS) is 10.9. The molecule has 0 aliphatic rings. The third-order valence-corrected chi connectivity index (χ3v) is 6.54. The number of nitrogens with zero attached hydrogens (tertiary/aromatic N) is 3. The number of rotatable bonds is 7. The van der Waals surface area contributed by atoms with Crippen molar-refractivity contribution in [3.63, 3.8) is 0 Å². The molecule has 0 unspecified atom stereocenters. The van der Waals surface area contributed by atoms with Crippen LogP contribution in [0.3, 0.4) is 0 Å². The van der Waals surface area contributed by atoms with Gasteiger partial charge < -0.3 is 14.8 Å². The molecular weight excluding hydrogens is 468 g/mol. The van der Waals surface area contributed by atoms with Crippen LogP contribution in [-0.4, -0.2) is 36.1 Å². The first-order valence-electron chi connectivity index (χ1n) is 9.18. The number of hydrogen-bond acceptors (Lipinski definition) is 11. The third kappa shape index (κ3) is 4.89. The zero-order chi connectivity index (χ0) is 24.1. The average molecular weight is 485 g/mol. The molecule has 0 atom stereocenters. The first-order valence-corrected chi connectivity index (χ1v) is 10.9. The van der Waals surface area contributed by atoms with E-state index in [2.05, 4.69) is 10.3 Å². The van der Waals surface area contributed by atoms with Gasteiger partial charge in [0.2, 0.25) is 0 Å². The summed E-state index contributed by atoms with van der Waals surface area (Å²) in [6.45, 7) is 1.60. The van der Waals surface area contributed by atoms with E-state index in [-0.39, 0.29) is 21.7 Å². The van der Waals surface area contributed by atoms with Gasteiger partial charge in [-0.1, -0.05) is 12.1 Å². The maximum Gasteiger partial charge on any atom is 0.348 e. The molecule has 0 saturated carbocycles. The van der Waals surface area contributed by atoms with Crippen LogP contribution < -0.4 is 5.32 Å². The number of aromatic nitrogens is 1.